The predicted molar refractivity (Wildman–Crippen MR) is 43.0 cm³/mol. The summed E-state index contributed by atoms with van der Waals surface area (Å²) < 4.78 is 60.1. The summed E-state index contributed by atoms with van der Waals surface area (Å²) in [5.74, 6) is -8.31. The summed E-state index contributed by atoms with van der Waals surface area (Å²) >= 11 is 0. The van der Waals surface area contributed by atoms with Gasteiger partial charge in [-0.25, -0.2) is 0 Å². The fourth-order valence-electron chi connectivity index (χ4n) is 0.806. The number of anilines is 1. The Morgan fingerprint density at radius 1 is 1.38 bits per heavy atom. The highest BCUT2D eigenvalue weighted by Gasteiger charge is 2.63. The predicted octanol–water partition coefficient (Wildman–Crippen LogP) is 1.85. The van der Waals surface area contributed by atoms with E-state index < -0.39 is 23.8 Å². The maximum Gasteiger partial charge on any atom is 0.463 e. The van der Waals surface area contributed by atoms with Gasteiger partial charge in [0.15, 0.2) is 5.82 Å². The second kappa shape index (κ2) is 3.72. The standard InChI is InChI=1S/C7H6F5N3O/c1-3-2-4(15-14-3)13-5(16)6(8,9)7(10,11)12/h2H,1H3,(H2,13,14,15,16). The average Bonchev–Trinajstić information content (AvgIpc) is 2.49. The van der Waals surface area contributed by atoms with Gasteiger partial charge in [-0.05, 0) is 6.92 Å². The monoisotopic (exact) mass is 243 g/mol. The Kier molecular flexibility index (Phi) is 2.89. The molecule has 1 aromatic heterocycles. The third kappa shape index (κ3) is 2.28. The van der Waals surface area contributed by atoms with E-state index in [2.05, 4.69) is 10.2 Å². The molecule has 90 valence electrons. The molecule has 0 aliphatic heterocycles. The van der Waals surface area contributed by atoms with Crippen LogP contribution in [-0.4, -0.2) is 28.2 Å². The van der Waals surface area contributed by atoms with E-state index in [1.807, 2.05) is 0 Å². The van der Waals surface area contributed by atoms with Crippen molar-refractivity contribution >= 4 is 11.7 Å². The Morgan fingerprint density at radius 2 is 1.94 bits per heavy atom. The molecule has 0 aromatic carbocycles. The average molecular weight is 243 g/mol. The van der Waals surface area contributed by atoms with E-state index >= 15 is 0 Å². The number of hydrogen-bond donors (Lipinski definition) is 2. The number of halogens is 5. The van der Waals surface area contributed by atoms with E-state index in [4.69, 9.17) is 0 Å². The van der Waals surface area contributed by atoms with Crippen LogP contribution in [0.15, 0.2) is 6.07 Å². The quantitative estimate of drug-likeness (QED) is 0.779. The second-order valence-corrected chi connectivity index (χ2v) is 2.96. The van der Waals surface area contributed by atoms with Crippen molar-refractivity contribution in [1.29, 1.82) is 0 Å². The smallest absolute Gasteiger partial charge is 0.304 e. The summed E-state index contributed by atoms with van der Waals surface area (Å²) in [4.78, 5) is 10.7. The normalized spacial score (nSPS) is 12.6. The molecule has 0 aliphatic carbocycles. The maximum atomic E-state index is 12.4. The molecule has 1 aromatic rings. The van der Waals surface area contributed by atoms with E-state index in [1.54, 1.807) is 0 Å². The van der Waals surface area contributed by atoms with Gasteiger partial charge in [0.25, 0.3) is 0 Å². The maximum absolute atomic E-state index is 12.4. The van der Waals surface area contributed by atoms with Gasteiger partial charge in [-0.15, -0.1) is 0 Å². The molecule has 0 bridgehead atoms. The molecular formula is C7H6F5N3O. The lowest BCUT2D eigenvalue weighted by atomic mass is 10.3. The Balaban J connectivity index is 2.80. The number of aromatic amines is 1. The van der Waals surface area contributed by atoms with Crippen LogP contribution in [0.1, 0.15) is 5.69 Å². The van der Waals surface area contributed by atoms with Crippen molar-refractivity contribution in [2.75, 3.05) is 5.32 Å². The number of alkyl halides is 5. The minimum Gasteiger partial charge on any atom is -0.304 e. The SMILES string of the molecule is Cc1cc(NC(=O)C(F)(F)C(F)(F)F)n[nH]1. The first-order valence-electron chi connectivity index (χ1n) is 3.92. The number of hydrogen-bond acceptors (Lipinski definition) is 2. The molecule has 1 rings (SSSR count). The molecule has 1 heterocycles. The second-order valence-electron chi connectivity index (χ2n) is 2.96. The number of aryl methyl sites for hydroxylation is 1. The minimum atomic E-state index is -5.93. The van der Waals surface area contributed by atoms with Crippen molar-refractivity contribution in [3.05, 3.63) is 11.8 Å². The zero-order valence-corrected chi connectivity index (χ0v) is 7.82. The summed E-state index contributed by atoms with van der Waals surface area (Å²) in [7, 11) is 0. The molecule has 0 fully saturated rings. The number of rotatable bonds is 2. The van der Waals surface area contributed by atoms with E-state index in [1.165, 1.54) is 12.2 Å². The molecule has 4 nitrogen and oxygen atoms in total. The molecule has 2 N–H and O–H groups in total. The van der Waals surface area contributed by atoms with Gasteiger partial charge in [0.05, 0.1) is 0 Å². The number of carbonyl (C=O) groups excluding carboxylic acids is 1. The highest BCUT2D eigenvalue weighted by molar-refractivity contribution is 5.95. The van der Waals surface area contributed by atoms with Gasteiger partial charge in [0.1, 0.15) is 0 Å². The van der Waals surface area contributed by atoms with Gasteiger partial charge in [-0.3, -0.25) is 9.89 Å². The highest BCUT2D eigenvalue weighted by Crippen LogP contribution is 2.36. The van der Waals surface area contributed by atoms with Gasteiger partial charge in [-0.2, -0.15) is 27.1 Å². The summed E-state index contributed by atoms with van der Waals surface area (Å²) in [6.07, 6.45) is -5.93. The lowest BCUT2D eigenvalue weighted by Gasteiger charge is -2.17. The topological polar surface area (TPSA) is 57.8 Å². The largest absolute Gasteiger partial charge is 0.463 e. The first-order valence-corrected chi connectivity index (χ1v) is 3.92. The summed E-state index contributed by atoms with van der Waals surface area (Å²) in [6.45, 7) is 1.49. The number of H-pyrrole nitrogens is 1. The van der Waals surface area contributed by atoms with Crippen LogP contribution in [0.3, 0.4) is 0 Å². The van der Waals surface area contributed by atoms with Crippen molar-refractivity contribution in [3.63, 3.8) is 0 Å². The fourth-order valence-corrected chi connectivity index (χ4v) is 0.806. The number of carbonyl (C=O) groups is 1. The number of nitrogens with zero attached hydrogens (tertiary/aromatic N) is 1. The Bertz CT molecular complexity index is 397. The van der Waals surface area contributed by atoms with Crippen LogP contribution in [0, 0.1) is 6.92 Å². The van der Waals surface area contributed by atoms with Crippen LogP contribution in [0.2, 0.25) is 0 Å². The van der Waals surface area contributed by atoms with Gasteiger partial charge < -0.3 is 5.32 Å². The zero-order chi connectivity index (χ0) is 12.6. The number of nitrogens with one attached hydrogen (secondary N) is 2. The third-order valence-electron chi connectivity index (χ3n) is 1.59. The van der Waals surface area contributed by atoms with Crippen LogP contribution in [-0.2, 0) is 4.79 Å². The molecule has 1 amide bonds. The molecule has 0 saturated carbocycles. The zero-order valence-electron chi connectivity index (χ0n) is 7.82. The van der Waals surface area contributed by atoms with Gasteiger partial charge in [0.2, 0.25) is 0 Å². The number of aromatic nitrogens is 2. The fraction of sp³-hybridized carbons (Fsp3) is 0.429. The summed E-state index contributed by atoms with van der Waals surface area (Å²) in [6, 6.07) is 1.12. The number of amides is 1. The van der Waals surface area contributed by atoms with Crippen LogP contribution >= 0.6 is 0 Å². The molecule has 0 radical (unpaired) electrons. The summed E-state index contributed by atoms with van der Waals surface area (Å²) in [5, 5.41) is 6.93. The first kappa shape index (κ1) is 12.4. The minimum absolute atomic E-state index is 0.397. The molecular weight excluding hydrogens is 237 g/mol. The van der Waals surface area contributed by atoms with Crippen LogP contribution in [0.25, 0.3) is 0 Å². The van der Waals surface area contributed by atoms with Crippen LogP contribution in [0.5, 0.6) is 0 Å². The van der Waals surface area contributed by atoms with E-state index in [0.29, 0.717) is 5.69 Å². The van der Waals surface area contributed by atoms with Crippen molar-refractivity contribution in [3.8, 4) is 0 Å². The lowest BCUT2D eigenvalue weighted by molar-refractivity contribution is -0.267. The van der Waals surface area contributed by atoms with Crippen LogP contribution in [0.4, 0.5) is 27.8 Å². The van der Waals surface area contributed by atoms with Crippen molar-refractivity contribution < 1.29 is 26.7 Å². The van der Waals surface area contributed by atoms with Crippen molar-refractivity contribution in [2.24, 2.45) is 0 Å². The molecule has 0 aliphatic rings. The molecule has 0 spiro atoms. The lowest BCUT2D eigenvalue weighted by Crippen LogP contribution is -2.47. The van der Waals surface area contributed by atoms with E-state index in [-0.39, 0.29) is 0 Å². The Labute approximate surface area is 85.8 Å². The summed E-state index contributed by atoms with van der Waals surface area (Å²) in [5.41, 5.74) is 0.408. The Morgan fingerprint density at radius 3 is 2.31 bits per heavy atom. The van der Waals surface area contributed by atoms with E-state index in [0.717, 1.165) is 6.07 Å². The van der Waals surface area contributed by atoms with Gasteiger partial charge in [-0.1, -0.05) is 0 Å². The molecule has 0 atom stereocenters. The van der Waals surface area contributed by atoms with Crippen molar-refractivity contribution in [2.45, 2.75) is 19.0 Å². The molecule has 0 unspecified atom stereocenters. The first-order chi connectivity index (χ1) is 7.14. The van der Waals surface area contributed by atoms with Gasteiger partial charge in [0, 0.05) is 11.8 Å². The van der Waals surface area contributed by atoms with Crippen LogP contribution < -0.4 is 5.32 Å². The Hall–Kier alpha value is -1.67. The highest BCUT2D eigenvalue weighted by atomic mass is 19.4. The molecule has 0 saturated heterocycles. The van der Waals surface area contributed by atoms with Gasteiger partial charge >= 0.3 is 18.0 Å². The third-order valence-corrected chi connectivity index (χ3v) is 1.59. The van der Waals surface area contributed by atoms with Crippen molar-refractivity contribution in [1.82, 2.24) is 10.2 Å². The molecule has 9 heteroatoms. The molecule has 16 heavy (non-hydrogen) atoms. The van der Waals surface area contributed by atoms with E-state index in [9.17, 15) is 26.7 Å².